The molecule has 0 aromatic heterocycles. The molecule has 1 atom stereocenters. The monoisotopic (exact) mass is 249 g/mol. The third kappa shape index (κ3) is 3.47. The van der Waals surface area contributed by atoms with E-state index in [0.29, 0.717) is 6.61 Å². The molecule has 0 radical (unpaired) electrons. The Morgan fingerprint density at radius 1 is 1.33 bits per heavy atom. The van der Waals surface area contributed by atoms with Crippen molar-refractivity contribution in [2.24, 2.45) is 11.7 Å². The minimum Gasteiger partial charge on any atom is -0.496 e. The molecule has 1 saturated carbocycles. The standard InChI is InChI=1S/C15H23NO2/c1-17-15-8-3-2-7-13(15)14(16)11-18-10-9-12-5-4-6-12/h2-3,7-8,12,14H,4-6,9-11,16H2,1H3. The molecule has 0 heterocycles. The van der Waals surface area contributed by atoms with Gasteiger partial charge in [0.05, 0.1) is 19.8 Å². The summed E-state index contributed by atoms with van der Waals surface area (Å²) in [6.45, 7) is 1.39. The summed E-state index contributed by atoms with van der Waals surface area (Å²) in [5.74, 6) is 1.74. The van der Waals surface area contributed by atoms with Crippen molar-refractivity contribution in [2.75, 3.05) is 20.3 Å². The van der Waals surface area contributed by atoms with Crippen LogP contribution in [0.25, 0.3) is 0 Å². The van der Waals surface area contributed by atoms with Crippen molar-refractivity contribution in [2.45, 2.75) is 31.7 Å². The molecule has 18 heavy (non-hydrogen) atoms. The molecule has 0 bridgehead atoms. The number of nitrogens with two attached hydrogens (primary N) is 1. The van der Waals surface area contributed by atoms with Gasteiger partial charge in [-0.15, -0.1) is 0 Å². The van der Waals surface area contributed by atoms with Gasteiger partial charge in [0.2, 0.25) is 0 Å². The Morgan fingerprint density at radius 2 is 2.11 bits per heavy atom. The third-order valence-corrected chi connectivity index (χ3v) is 3.73. The van der Waals surface area contributed by atoms with Gasteiger partial charge in [-0.2, -0.15) is 0 Å². The maximum absolute atomic E-state index is 6.13. The fraction of sp³-hybridized carbons (Fsp3) is 0.600. The summed E-state index contributed by atoms with van der Waals surface area (Å²) in [7, 11) is 1.67. The molecule has 1 aromatic rings. The topological polar surface area (TPSA) is 44.5 Å². The van der Waals surface area contributed by atoms with E-state index in [9.17, 15) is 0 Å². The molecule has 1 aromatic carbocycles. The molecule has 2 rings (SSSR count). The van der Waals surface area contributed by atoms with E-state index in [1.54, 1.807) is 7.11 Å². The number of rotatable bonds is 7. The first-order chi connectivity index (χ1) is 8.81. The van der Waals surface area contributed by atoms with Gasteiger partial charge in [-0.3, -0.25) is 0 Å². The zero-order valence-electron chi connectivity index (χ0n) is 11.1. The van der Waals surface area contributed by atoms with Gasteiger partial charge in [-0.25, -0.2) is 0 Å². The molecular weight excluding hydrogens is 226 g/mol. The lowest BCUT2D eigenvalue weighted by atomic mass is 9.83. The van der Waals surface area contributed by atoms with Gasteiger partial charge >= 0.3 is 0 Å². The number of benzene rings is 1. The summed E-state index contributed by atoms with van der Waals surface area (Å²) in [5.41, 5.74) is 7.15. The van der Waals surface area contributed by atoms with E-state index >= 15 is 0 Å². The average Bonchev–Trinajstić information content (AvgIpc) is 2.36. The van der Waals surface area contributed by atoms with E-state index < -0.39 is 0 Å². The van der Waals surface area contributed by atoms with Crippen LogP contribution in [0.2, 0.25) is 0 Å². The van der Waals surface area contributed by atoms with Gasteiger partial charge in [0.25, 0.3) is 0 Å². The number of ether oxygens (including phenoxy) is 2. The Balaban J connectivity index is 1.74. The molecule has 3 heteroatoms. The lowest BCUT2D eigenvalue weighted by molar-refractivity contribution is 0.0957. The number of hydrogen-bond acceptors (Lipinski definition) is 3. The zero-order valence-corrected chi connectivity index (χ0v) is 11.1. The van der Waals surface area contributed by atoms with Crippen LogP contribution in [0.3, 0.4) is 0 Å². The third-order valence-electron chi connectivity index (χ3n) is 3.73. The van der Waals surface area contributed by atoms with E-state index in [2.05, 4.69) is 0 Å². The summed E-state index contributed by atoms with van der Waals surface area (Å²) >= 11 is 0. The summed E-state index contributed by atoms with van der Waals surface area (Å²) in [5, 5.41) is 0. The highest BCUT2D eigenvalue weighted by atomic mass is 16.5. The van der Waals surface area contributed by atoms with Crippen LogP contribution in [-0.2, 0) is 4.74 Å². The zero-order chi connectivity index (χ0) is 12.8. The Bertz CT molecular complexity index is 363. The number of para-hydroxylation sites is 1. The minimum absolute atomic E-state index is 0.109. The first-order valence-corrected chi connectivity index (χ1v) is 6.77. The molecule has 100 valence electrons. The van der Waals surface area contributed by atoms with Crippen LogP contribution in [0.15, 0.2) is 24.3 Å². The fourth-order valence-corrected chi connectivity index (χ4v) is 2.30. The molecule has 0 aliphatic heterocycles. The maximum atomic E-state index is 6.13. The highest BCUT2D eigenvalue weighted by molar-refractivity contribution is 5.35. The van der Waals surface area contributed by atoms with Crippen molar-refractivity contribution in [3.05, 3.63) is 29.8 Å². The summed E-state index contributed by atoms with van der Waals surface area (Å²) in [4.78, 5) is 0. The highest BCUT2D eigenvalue weighted by Gasteiger charge is 2.17. The molecule has 1 aliphatic carbocycles. The summed E-state index contributed by atoms with van der Waals surface area (Å²) in [6.07, 6.45) is 5.33. The predicted octanol–water partition coefficient (Wildman–Crippen LogP) is 2.90. The van der Waals surface area contributed by atoms with Crippen molar-refractivity contribution < 1.29 is 9.47 Å². The van der Waals surface area contributed by atoms with Crippen molar-refractivity contribution in [3.8, 4) is 5.75 Å². The first kappa shape index (κ1) is 13.4. The SMILES string of the molecule is COc1ccccc1C(N)COCCC1CCC1. The normalized spacial score (nSPS) is 17.2. The van der Waals surface area contributed by atoms with Crippen molar-refractivity contribution >= 4 is 0 Å². The molecule has 0 saturated heterocycles. The van der Waals surface area contributed by atoms with E-state index in [1.807, 2.05) is 24.3 Å². The smallest absolute Gasteiger partial charge is 0.123 e. The molecule has 2 N–H and O–H groups in total. The van der Waals surface area contributed by atoms with Gasteiger partial charge in [-0.1, -0.05) is 37.5 Å². The van der Waals surface area contributed by atoms with Crippen LogP contribution in [0.4, 0.5) is 0 Å². The van der Waals surface area contributed by atoms with Gasteiger partial charge in [0, 0.05) is 12.2 Å². The average molecular weight is 249 g/mol. The molecule has 0 amide bonds. The molecule has 1 fully saturated rings. The van der Waals surface area contributed by atoms with Crippen LogP contribution in [0.1, 0.15) is 37.3 Å². The summed E-state index contributed by atoms with van der Waals surface area (Å²) in [6, 6.07) is 7.75. The first-order valence-electron chi connectivity index (χ1n) is 6.77. The predicted molar refractivity (Wildman–Crippen MR) is 72.7 cm³/mol. The lowest BCUT2D eigenvalue weighted by Crippen LogP contribution is -2.20. The molecule has 0 spiro atoms. The van der Waals surface area contributed by atoms with Crippen LogP contribution in [0, 0.1) is 5.92 Å². The van der Waals surface area contributed by atoms with Crippen molar-refractivity contribution in [1.82, 2.24) is 0 Å². The van der Waals surface area contributed by atoms with Crippen LogP contribution >= 0.6 is 0 Å². The van der Waals surface area contributed by atoms with Crippen LogP contribution < -0.4 is 10.5 Å². The Labute approximate surface area is 109 Å². The van der Waals surface area contributed by atoms with Gasteiger partial charge < -0.3 is 15.2 Å². The van der Waals surface area contributed by atoms with Crippen LogP contribution in [0.5, 0.6) is 5.75 Å². The maximum Gasteiger partial charge on any atom is 0.123 e. The van der Waals surface area contributed by atoms with Crippen molar-refractivity contribution in [3.63, 3.8) is 0 Å². The van der Waals surface area contributed by atoms with E-state index in [1.165, 1.54) is 25.7 Å². The van der Waals surface area contributed by atoms with Crippen LogP contribution in [-0.4, -0.2) is 20.3 Å². The molecule has 1 unspecified atom stereocenters. The molecular formula is C15H23NO2. The second-order valence-corrected chi connectivity index (χ2v) is 5.01. The van der Waals surface area contributed by atoms with Gasteiger partial charge in [0.15, 0.2) is 0 Å². The molecule has 3 nitrogen and oxygen atoms in total. The second-order valence-electron chi connectivity index (χ2n) is 5.01. The van der Waals surface area contributed by atoms with Crippen molar-refractivity contribution in [1.29, 1.82) is 0 Å². The Hall–Kier alpha value is -1.06. The molecule has 1 aliphatic rings. The fourth-order valence-electron chi connectivity index (χ4n) is 2.30. The minimum atomic E-state index is -0.109. The highest BCUT2D eigenvalue weighted by Crippen LogP contribution is 2.29. The summed E-state index contributed by atoms with van der Waals surface area (Å²) < 4.78 is 11.0. The van der Waals surface area contributed by atoms with E-state index in [0.717, 1.165) is 23.8 Å². The van der Waals surface area contributed by atoms with E-state index in [-0.39, 0.29) is 6.04 Å². The largest absolute Gasteiger partial charge is 0.496 e. The quantitative estimate of drug-likeness (QED) is 0.756. The Kier molecular flexibility index (Phi) is 5.02. The van der Waals surface area contributed by atoms with Gasteiger partial charge in [-0.05, 0) is 18.4 Å². The lowest BCUT2D eigenvalue weighted by Gasteiger charge is -2.25. The Morgan fingerprint density at radius 3 is 2.78 bits per heavy atom. The number of hydrogen-bond donors (Lipinski definition) is 1. The van der Waals surface area contributed by atoms with E-state index in [4.69, 9.17) is 15.2 Å². The second kappa shape index (κ2) is 6.76. The number of methoxy groups -OCH3 is 1. The van der Waals surface area contributed by atoms with Gasteiger partial charge in [0.1, 0.15) is 5.75 Å².